The van der Waals surface area contributed by atoms with Gasteiger partial charge in [0.2, 0.25) is 0 Å². The molecule has 2 aromatic carbocycles. The van der Waals surface area contributed by atoms with E-state index >= 15 is 0 Å². The summed E-state index contributed by atoms with van der Waals surface area (Å²) in [6, 6.07) is 13.8. The molecule has 2 heterocycles. The molecule has 1 fully saturated rings. The maximum Gasteiger partial charge on any atom is 0.439 e. The predicted octanol–water partition coefficient (Wildman–Crippen LogP) is 5.84. The van der Waals surface area contributed by atoms with Gasteiger partial charge in [-0.15, -0.1) is 0 Å². The Morgan fingerprint density at radius 2 is 2.03 bits per heavy atom. The third-order valence-electron chi connectivity index (χ3n) is 5.33. The van der Waals surface area contributed by atoms with E-state index in [0.717, 1.165) is 40.6 Å². The number of para-hydroxylation sites is 1. The fourth-order valence-corrected chi connectivity index (χ4v) is 5.73. The van der Waals surface area contributed by atoms with Crippen LogP contribution in [0.15, 0.2) is 48.7 Å². The average Bonchev–Trinajstić information content (AvgIpc) is 3.08. The summed E-state index contributed by atoms with van der Waals surface area (Å²) in [4.78, 5) is 2.14. The van der Waals surface area contributed by atoms with Crippen molar-refractivity contribution in [2.24, 2.45) is 0 Å². The maximum absolute atomic E-state index is 13.8. The average molecular weight is 433 g/mol. The quantitative estimate of drug-likeness (QED) is 0.475. The van der Waals surface area contributed by atoms with Crippen molar-refractivity contribution in [1.82, 2.24) is 9.24 Å². The minimum atomic E-state index is -3.53. The molecule has 0 bridgehead atoms. The van der Waals surface area contributed by atoms with Crippen LogP contribution in [-0.4, -0.2) is 36.5 Å². The van der Waals surface area contributed by atoms with E-state index in [2.05, 4.69) is 11.0 Å². The van der Waals surface area contributed by atoms with E-state index in [0.29, 0.717) is 18.1 Å². The highest BCUT2D eigenvalue weighted by Crippen LogP contribution is 2.58. The lowest BCUT2D eigenvalue weighted by atomic mass is 10.1. The van der Waals surface area contributed by atoms with Gasteiger partial charge in [-0.1, -0.05) is 41.9 Å². The highest BCUT2D eigenvalue weighted by atomic mass is 35.5. The largest absolute Gasteiger partial charge is 0.439 e. The molecule has 0 amide bonds. The summed E-state index contributed by atoms with van der Waals surface area (Å²) >= 11 is 6.30. The van der Waals surface area contributed by atoms with Crippen molar-refractivity contribution in [3.05, 3.63) is 70.4 Å². The maximum atomic E-state index is 13.8. The number of nitrogens with zero attached hydrogens (tertiary/aromatic N) is 2. The first kappa shape index (κ1) is 20.6. The molecule has 0 saturated carbocycles. The van der Waals surface area contributed by atoms with E-state index in [1.807, 2.05) is 63.6 Å². The Labute approximate surface area is 176 Å². The van der Waals surface area contributed by atoms with Crippen LogP contribution in [0.2, 0.25) is 5.02 Å². The van der Waals surface area contributed by atoms with E-state index in [9.17, 15) is 4.57 Å². The number of benzene rings is 2. The Morgan fingerprint density at radius 3 is 2.79 bits per heavy atom. The van der Waals surface area contributed by atoms with Gasteiger partial charge in [-0.2, -0.15) is 0 Å². The normalized spacial score (nSPS) is 22.4. The number of hydrogen-bond donors (Lipinski definition) is 0. The molecular formula is C22H26ClN2O3P. The van der Waals surface area contributed by atoms with Crippen molar-refractivity contribution < 1.29 is 13.6 Å². The highest BCUT2D eigenvalue weighted by molar-refractivity contribution is 7.52. The Morgan fingerprint density at radius 1 is 1.24 bits per heavy atom. The Hall–Kier alpha value is -1.62. The first-order valence-electron chi connectivity index (χ1n) is 9.81. The Balaban J connectivity index is 1.70. The number of likely N-dealkylation sites (N-methyl/N-ethyl adjacent to an activating group) is 1. The molecule has 7 heteroatoms. The first-order chi connectivity index (χ1) is 13.9. The smallest absolute Gasteiger partial charge is 0.309 e. The summed E-state index contributed by atoms with van der Waals surface area (Å²) in [6.45, 7) is 3.24. The number of aryl methyl sites for hydroxylation is 1. The minimum absolute atomic E-state index is 0.320. The number of hydrogen-bond acceptors (Lipinski definition) is 4. The van der Waals surface area contributed by atoms with Crippen molar-refractivity contribution in [2.75, 3.05) is 27.2 Å². The van der Waals surface area contributed by atoms with Gasteiger partial charge in [0.25, 0.3) is 0 Å². The number of rotatable bonds is 5. The molecule has 1 aromatic heterocycles. The first-order valence-corrected chi connectivity index (χ1v) is 11.7. The fourth-order valence-electron chi connectivity index (χ4n) is 3.65. The van der Waals surface area contributed by atoms with Crippen LogP contribution >= 0.6 is 19.3 Å². The number of aromatic nitrogens is 1. The van der Waals surface area contributed by atoms with Gasteiger partial charge in [-0.25, -0.2) is 4.57 Å². The molecule has 5 nitrogen and oxygen atoms in total. The summed E-state index contributed by atoms with van der Waals surface area (Å²) in [5.74, 6) is 0. The van der Waals surface area contributed by atoms with Crippen LogP contribution in [0.3, 0.4) is 0 Å². The second-order valence-corrected chi connectivity index (χ2v) is 10.0. The van der Waals surface area contributed by atoms with E-state index in [1.165, 1.54) is 0 Å². The van der Waals surface area contributed by atoms with Crippen LogP contribution in [0.1, 0.15) is 29.2 Å². The molecular weight excluding hydrogens is 407 g/mol. The Bertz CT molecular complexity index is 1080. The second-order valence-electron chi connectivity index (χ2n) is 7.76. The SMILES string of the molecule is Cc1ccc(C2CCOP(=O)(n3cc(CCN(C)C)c4ccccc43)O2)cc1Cl. The monoisotopic (exact) mass is 432 g/mol. The third-order valence-corrected chi connectivity index (χ3v) is 7.63. The van der Waals surface area contributed by atoms with Gasteiger partial charge in [0, 0.05) is 29.6 Å². The number of halogens is 1. The van der Waals surface area contributed by atoms with E-state index in [-0.39, 0.29) is 6.10 Å². The van der Waals surface area contributed by atoms with Crippen LogP contribution in [-0.2, 0) is 20.0 Å². The predicted molar refractivity (Wildman–Crippen MR) is 118 cm³/mol. The zero-order valence-corrected chi connectivity index (χ0v) is 18.6. The molecule has 0 radical (unpaired) electrons. The van der Waals surface area contributed by atoms with Gasteiger partial charge < -0.3 is 4.90 Å². The lowest BCUT2D eigenvalue weighted by Gasteiger charge is -2.30. The zero-order chi connectivity index (χ0) is 20.6. The van der Waals surface area contributed by atoms with Crippen molar-refractivity contribution in [3.8, 4) is 0 Å². The van der Waals surface area contributed by atoms with Crippen LogP contribution < -0.4 is 0 Å². The van der Waals surface area contributed by atoms with Crippen molar-refractivity contribution >= 4 is 30.3 Å². The minimum Gasteiger partial charge on any atom is -0.309 e. The van der Waals surface area contributed by atoms with E-state index in [1.54, 1.807) is 4.34 Å². The van der Waals surface area contributed by atoms with Gasteiger partial charge in [-0.3, -0.25) is 13.4 Å². The summed E-state index contributed by atoms with van der Waals surface area (Å²) in [5.41, 5.74) is 3.94. The highest BCUT2D eigenvalue weighted by Gasteiger charge is 2.37. The number of fused-ring (bicyclic) bond motifs is 1. The molecule has 0 N–H and O–H groups in total. The molecule has 2 unspecified atom stereocenters. The summed E-state index contributed by atoms with van der Waals surface area (Å²) in [7, 11) is 0.569. The summed E-state index contributed by atoms with van der Waals surface area (Å²) in [5, 5.41) is 1.77. The fraction of sp³-hybridized carbons (Fsp3) is 0.364. The van der Waals surface area contributed by atoms with Gasteiger partial charge >= 0.3 is 7.75 Å². The topological polar surface area (TPSA) is 43.7 Å². The lowest BCUT2D eigenvalue weighted by Crippen LogP contribution is -2.17. The molecule has 1 saturated heterocycles. The van der Waals surface area contributed by atoms with Gasteiger partial charge in [0.1, 0.15) is 0 Å². The van der Waals surface area contributed by atoms with Crippen molar-refractivity contribution in [1.29, 1.82) is 0 Å². The van der Waals surface area contributed by atoms with Crippen LogP contribution in [0, 0.1) is 6.92 Å². The van der Waals surface area contributed by atoms with Crippen molar-refractivity contribution in [2.45, 2.75) is 25.9 Å². The van der Waals surface area contributed by atoms with Crippen LogP contribution in [0.5, 0.6) is 0 Å². The van der Waals surface area contributed by atoms with Gasteiger partial charge in [0.15, 0.2) is 0 Å². The molecule has 3 aromatic rings. The summed E-state index contributed by atoms with van der Waals surface area (Å²) in [6.07, 6.45) is 3.10. The van der Waals surface area contributed by atoms with Crippen LogP contribution in [0.4, 0.5) is 0 Å². The van der Waals surface area contributed by atoms with Gasteiger partial charge in [0.05, 0.1) is 18.2 Å². The van der Waals surface area contributed by atoms with Gasteiger partial charge in [-0.05, 0) is 56.3 Å². The van der Waals surface area contributed by atoms with Crippen molar-refractivity contribution in [3.63, 3.8) is 0 Å². The molecule has 1 aliphatic heterocycles. The van der Waals surface area contributed by atoms with Crippen LogP contribution in [0.25, 0.3) is 10.9 Å². The molecule has 29 heavy (non-hydrogen) atoms. The van der Waals surface area contributed by atoms with E-state index < -0.39 is 7.75 Å². The molecule has 154 valence electrons. The zero-order valence-electron chi connectivity index (χ0n) is 17.0. The molecule has 0 aliphatic carbocycles. The molecule has 1 aliphatic rings. The Kier molecular flexibility index (Phi) is 5.87. The standard InChI is InChI=1S/C22H26ClN2O3P/c1-16-8-9-17(14-20(16)23)22-11-13-27-29(26,28-22)25-15-18(10-12-24(2)3)19-6-4-5-7-21(19)25/h4-9,14-15,22H,10-13H2,1-3H3. The van der Waals surface area contributed by atoms with E-state index in [4.69, 9.17) is 20.6 Å². The summed E-state index contributed by atoms with van der Waals surface area (Å²) < 4.78 is 27.4. The second kappa shape index (κ2) is 8.25. The molecule has 2 atom stereocenters. The third kappa shape index (κ3) is 4.16. The molecule has 0 spiro atoms. The lowest BCUT2D eigenvalue weighted by molar-refractivity contribution is 0.0771. The molecule has 4 rings (SSSR count).